The Bertz CT molecular complexity index is 1310. The van der Waals surface area contributed by atoms with Crippen molar-refractivity contribution in [2.24, 2.45) is 0 Å². The Kier molecular flexibility index (Phi) is 5.52. The summed E-state index contributed by atoms with van der Waals surface area (Å²) >= 11 is 6.59. The first kappa shape index (κ1) is 20.8. The summed E-state index contributed by atoms with van der Waals surface area (Å²) in [6.07, 6.45) is 5.37. The number of thioether (sulfide) groups is 1. The zero-order valence-corrected chi connectivity index (χ0v) is 18.7. The molecular formula is C23H19FN4O2S2. The molecule has 2 fully saturated rings. The molecule has 0 radical (unpaired) electrons. The van der Waals surface area contributed by atoms with Gasteiger partial charge in [0.1, 0.15) is 21.6 Å². The van der Waals surface area contributed by atoms with E-state index in [1.165, 1.54) is 21.4 Å². The SMILES string of the molecule is O=C1/C(=C/c2c(N3CCCC3)nc3ccccn3c2=O)SC(=S)N1Cc1ccc(F)cc1. The van der Waals surface area contributed by atoms with E-state index >= 15 is 0 Å². The molecule has 4 heterocycles. The van der Waals surface area contributed by atoms with Crippen LogP contribution in [-0.2, 0) is 11.3 Å². The molecule has 2 aromatic heterocycles. The van der Waals surface area contributed by atoms with Crippen LogP contribution in [-0.4, -0.2) is 37.6 Å². The van der Waals surface area contributed by atoms with Gasteiger partial charge >= 0.3 is 0 Å². The number of thiocarbonyl (C=S) groups is 1. The largest absolute Gasteiger partial charge is 0.356 e. The monoisotopic (exact) mass is 466 g/mol. The second-order valence-electron chi connectivity index (χ2n) is 7.67. The predicted molar refractivity (Wildman–Crippen MR) is 128 cm³/mol. The molecule has 0 saturated carbocycles. The summed E-state index contributed by atoms with van der Waals surface area (Å²) in [6.45, 7) is 1.89. The number of rotatable bonds is 4. The van der Waals surface area contributed by atoms with E-state index in [9.17, 15) is 14.0 Å². The maximum Gasteiger partial charge on any atom is 0.267 e. The average Bonchev–Trinajstić information content (AvgIpc) is 3.42. The van der Waals surface area contributed by atoms with E-state index in [-0.39, 0.29) is 23.8 Å². The van der Waals surface area contributed by atoms with Crippen LogP contribution in [0.3, 0.4) is 0 Å². The third-order valence-corrected chi connectivity index (χ3v) is 6.94. The lowest BCUT2D eigenvalue weighted by Gasteiger charge is -2.19. The van der Waals surface area contributed by atoms with Crippen molar-refractivity contribution in [1.82, 2.24) is 14.3 Å². The molecule has 6 nitrogen and oxygen atoms in total. The van der Waals surface area contributed by atoms with Crippen LogP contribution in [0.15, 0.2) is 58.4 Å². The zero-order valence-electron chi connectivity index (χ0n) is 17.0. The molecule has 0 N–H and O–H groups in total. The molecule has 0 bridgehead atoms. The molecule has 32 heavy (non-hydrogen) atoms. The number of hydrogen-bond donors (Lipinski definition) is 0. The molecule has 5 rings (SSSR count). The molecule has 0 unspecified atom stereocenters. The second-order valence-corrected chi connectivity index (χ2v) is 9.35. The van der Waals surface area contributed by atoms with Gasteiger partial charge < -0.3 is 4.90 Å². The summed E-state index contributed by atoms with van der Waals surface area (Å²) < 4.78 is 15.1. The van der Waals surface area contributed by atoms with Crippen molar-refractivity contribution in [3.8, 4) is 0 Å². The van der Waals surface area contributed by atoms with Gasteiger partial charge in [-0.3, -0.25) is 18.9 Å². The van der Waals surface area contributed by atoms with Crippen LogP contribution in [0.4, 0.5) is 10.2 Å². The average molecular weight is 467 g/mol. The molecule has 2 saturated heterocycles. The van der Waals surface area contributed by atoms with E-state index in [1.54, 1.807) is 36.5 Å². The Morgan fingerprint density at radius 1 is 1.09 bits per heavy atom. The van der Waals surface area contributed by atoms with E-state index in [0.717, 1.165) is 43.3 Å². The number of pyridine rings is 1. The van der Waals surface area contributed by atoms with E-state index in [0.29, 0.717) is 26.3 Å². The first-order chi connectivity index (χ1) is 15.5. The van der Waals surface area contributed by atoms with Crippen molar-refractivity contribution >= 4 is 51.7 Å². The van der Waals surface area contributed by atoms with Crippen molar-refractivity contribution in [3.05, 3.63) is 80.9 Å². The third kappa shape index (κ3) is 3.82. The lowest BCUT2D eigenvalue weighted by Crippen LogP contribution is -2.28. The van der Waals surface area contributed by atoms with Crippen LogP contribution in [0.1, 0.15) is 24.0 Å². The molecule has 0 atom stereocenters. The zero-order chi connectivity index (χ0) is 22.2. The first-order valence-electron chi connectivity index (χ1n) is 10.3. The van der Waals surface area contributed by atoms with Crippen LogP contribution in [0.5, 0.6) is 0 Å². The van der Waals surface area contributed by atoms with Gasteiger partial charge in [-0.25, -0.2) is 9.37 Å². The predicted octanol–water partition coefficient (Wildman–Crippen LogP) is 3.84. The molecule has 1 amide bonds. The van der Waals surface area contributed by atoms with Crippen LogP contribution in [0.2, 0.25) is 0 Å². The first-order valence-corrected chi connectivity index (χ1v) is 11.5. The number of amides is 1. The Balaban J connectivity index is 1.54. The van der Waals surface area contributed by atoms with Gasteiger partial charge in [0.15, 0.2) is 0 Å². The standard InChI is InChI=1S/C23H19FN4O2S2/c24-16-8-6-15(7-9-16)14-28-22(30)18(32-23(28)31)13-17-20(26-10-3-4-11-26)25-19-5-1-2-12-27(19)21(17)29/h1-2,5-9,12-13H,3-4,10-11,14H2/b18-13-. The summed E-state index contributed by atoms with van der Waals surface area (Å²) in [5.41, 5.74) is 1.51. The van der Waals surface area contributed by atoms with Gasteiger partial charge in [-0.05, 0) is 48.7 Å². The molecule has 9 heteroatoms. The summed E-state index contributed by atoms with van der Waals surface area (Å²) in [7, 11) is 0. The number of carbonyl (C=O) groups excluding carboxylic acids is 1. The number of fused-ring (bicyclic) bond motifs is 1. The fraction of sp³-hybridized carbons (Fsp3) is 0.217. The van der Waals surface area contributed by atoms with Crippen molar-refractivity contribution in [3.63, 3.8) is 0 Å². The maximum atomic E-state index is 13.3. The number of halogens is 1. The van der Waals surface area contributed by atoms with Gasteiger partial charge in [-0.1, -0.05) is 42.2 Å². The molecule has 0 spiro atoms. The minimum Gasteiger partial charge on any atom is -0.356 e. The number of hydrogen-bond acceptors (Lipinski definition) is 6. The van der Waals surface area contributed by atoms with E-state index in [4.69, 9.17) is 17.2 Å². The highest BCUT2D eigenvalue weighted by Gasteiger charge is 2.33. The number of aromatic nitrogens is 2. The van der Waals surface area contributed by atoms with Crippen LogP contribution >= 0.6 is 24.0 Å². The third-order valence-electron chi connectivity index (χ3n) is 5.56. The summed E-state index contributed by atoms with van der Waals surface area (Å²) in [6, 6.07) is 11.4. The quantitative estimate of drug-likeness (QED) is 0.430. The van der Waals surface area contributed by atoms with Gasteiger partial charge in [-0.2, -0.15) is 0 Å². The van der Waals surface area contributed by atoms with Gasteiger partial charge in [0, 0.05) is 19.3 Å². The second kappa shape index (κ2) is 8.48. The number of anilines is 1. The topological polar surface area (TPSA) is 57.9 Å². The molecule has 162 valence electrons. The molecule has 2 aliphatic heterocycles. The van der Waals surface area contributed by atoms with Gasteiger partial charge in [0.05, 0.1) is 17.0 Å². The summed E-state index contributed by atoms with van der Waals surface area (Å²) in [5.74, 6) is -0.00508. The van der Waals surface area contributed by atoms with Gasteiger partial charge in [0.25, 0.3) is 11.5 Å². The fourth-order valence-corrected chi connectivity index (χ4v) is 5.16. The number of carbonyl (C=O) groups is 1. The highest BCUT2D eigenvalue weighted by Crippen LogP contribution is 2.34. The highest BCUT2D eigenvalue weighted by atomic mass is 32.2. The van der Waals surface area contributed by atoms with E-state index in [1.807, 2.05) is 6.07 Å². The fourth-order valence-electron chi connectivity index (χ4n) is 3.93. The summed E-state index contributed by atoms with van der Waals surface area (Å²) in [4.78, 5) is 35.2. The van der Waals surface area contributed by atoms with Crippen molar-refractivity contribution < 1.29 is 9.18 Å². The normalized spacial score (nSPS) is 17.8. The maximum absolute atomic E-state index is 13.3. The number of benzene rings is 1. The van der Waals surface area contributed by atoms with Crippen molar-refractivity contribution in [1.29, 1.82) is 0 Å². The van der Waals surface area contributed by atoms with Crippen molar-refractivity contribution in [2.45, 2.75) is 19.4 Å². The number of nitrogens with zero attached hydrogens (tertiary/aromatic N) is 4. The van der Waals surface area contributed by atoms with Crippen LogP contribution < -0.4 is 10.5 Å². The smallest absolute Gasteiger partial charge is 0.267 e. The van der Waals surface area contributed by atoms with Gasteiger partial charge in [0.2, 0.25) is 0 Å². The Hall–Kier alpha value is -3.04. The van der Waals surface area contributed by atoms with Crippen LogP contribution in [0.25, 0.3) is 11.7 Å². The van der Waals surface area contributed by atoms with Gasteiger partial charge in [-0.15, -0.1) is 0 Å². The molecule has 0 aliphatic carbocycles. The minimum atomic E-state index is -0.335. The Morgan fingerprint density at radius 3 is 2.59 bits per heavy atom. The minimum absolute atomic E-state index is 0.221. The molecular weight excluding hydrogens is 447 g/mol. The molecule has 1 aromatic carbocycles. The molecule has 2 aliphatic rings. The Labute approximate surface area is 193 Å². The van der Waals surface area contributed by atoms with Crippen molar-refractivity contribution in [2.75, 3.05) is 18.0 Å². The van der Waals surface area contributed by atoms with E-state index < -0.39 is 0 Å². The molecule has 3 aromatic rings. The van der Waals surface area contributed by atoms with E-state index in [2.05, 4.69) is 4.90 Å². The summed E-state index contributed by atoms with van der Waals surface area (Å²) in [5, 5.41) is 0. The highest BCUT2D eigenvalue weighted by molar-refractivity contribution is 8.26. The van der Waals surface area contributed by atoms with Crippen LogP contribution in [0, 0.1) is 5.82 Å². The lowest BCUT2D eigenvalue weighted by molar-refractivity contribution is -0.122. The Morgan fingerprint density at radius 2 is 1.84 bits per heavy atom. The lowest BCUT2D eigenvalue weighted by atomic mass is 10.2.